The van der Waals surface area contributed by atoms with E-state index in [1.165, 1.54) is 18.3 Å². The highest BCUT2D eigenvalue weighted by atomic mass is 127. The zero-order valence-corrected chi connectivity index (χ0v) is 25.9. The summed E-state index contributed by atoms with van der Waals surface area (Å²) >= 11 is 8.39. The van der Waals surface area contributed by atoms with Crippen molar-refractivity contribution < 1.29 is 31.5 Å². The van der Waals surface area contributed by atoms with Crippen molar-refractivity contribution in [2.75, 3.05) is 5.32 Å². The van der Waals surface area contributed by atoms with Crippen LogP contribution in [0.2, 0.25) is 5.02 Å². The Labute approximate surface area is 265 Å². The van der Waals surface area contributed by atoms with Crippen molar-refractivity contribution in [3.05, 3.63) is 79.5 Å². The van der Waals surface area contributed by atoms with Crippen molar-refractivity contribution >= 4 is 51.7 Å². The number of nitrogens with one attached hydrogen (secondary N) is 2. The van der Waals surface area contributed by atoms with Crippen LogP contribution in [0.5, 0.6) is 0 Å². The smallest absolute Gasteiger partial charge is 0.349 e. The molecule has 232 valence electrons. The Morgan fingerprint density at radius 2 is 1.86 bits per heavy atom. The van der Waals surface area contributed by atoms with Gasteiger partial charge in [0.2, 0.25) is 0 Å². The first-order chi connectivity index (χ1) is 20.7. The molecule has 1 saturated carbocycles. The van der Waals surface area contributed by atoms with Crippen LogP contribution in [0.3, 0.4) is 0 Å². The minimum atomic E-state index is -5.87. The average molecular weight is 749 g/mol. The molecule has 17 heteroatoms. The molecular weight excluding hydrogens is 726 g/mol. The topological polar surface area (TPSA) is 120 Å². The zero-order valence-electron chi connectivity index (χ0n) is 23.0. The molecule has 0 bridgehead atoms. The van der Waals surface area contributed by atoms with Crippen molar-refractivity contribution in [1.29, 1.82) is 0 Å². The number of hydrogen-bond donors (Lipinski definition) is 2. The fraction of sp³-hybridized carbons (Fsp3) is 0.333. The number of benzene rings is 1. The molecule has 1 aliphatic carbocycles. The maximum atomic E-state index is 13.8. The normalized spacial score (nSPS) is 14.4. The predicted octanol–water partition coefficient (Wildman–Crippen LogP) is 5.91. The number of alkyl halides is 5. The molecule has 10 nitrogen and oxygen atoms in total. The number of hydrogen-bond acceptors (Lipinski definition) is 6. The molecule has 2 amide bonds. The van der Waals surface area contributed by atoms with E-state index in [0.29, 0.717) is 22.5 Å². The largest absolute Gasteiger partial charge is 0.459 e. The van der Waals surface area contributed by atoms with Crippen LogP contribution >= 0.6 is 34.2 Å². The molecule has 1 aromatic carbocycles. The van der Waals surface area contributed by atoms with E-state index < -0.39 is 30.2 Å². The van der Waals surface area contributed by atoms with Crippen molar-refractivity contribution in [2.45, 2.75) is 51.4 Å². The van der Waals surface area contributed by atoms with Gasteiger partial charge in [-0.05, 0) is 91.1 Å². The van der Waals surface area contributed by atoms with Gasteiger partial charge in [-0.3, -0.25) is 9.59 Å². The number of aryl methyl sites for hydroxylation is 1. The minimum Gasteiger partial charge on any atom is -0.349 e. The van der Waals surface area contributed by atoms with Gasteiger partial charge in [0.05, 0.1) is 28.2 Å². The Bertz CT molecular complexity index is 1740. The van der Waals surface area contributed by atoms with Gasteiger partial charge in [0.25, 0.3) is 11.8 Å². The third kappa shape index (κ3) is 6.55. The summed E-state index contributed by atoms with van der Waals surface area (Å²) in [7, 11) is 0. The highest BCUT2D eigenvalue weighted by Gasteiger charge is 2.60. The molecule has 44 heavy (non-hydrogen) atoms. The molecule has 3 heterocycles. The van der Waals surface area contributed by atoms with Gasteiger partial charge in [0.15, 0.2) is 11.5 Å². The van der Waals surface area contributed by atoms with Crippen LogP contribution in [0.25, 0.3) is 5.82 Å². The summed E-state index contributed by atoms with van der Waals surface area (Å²) in [6, 6.07) is 7.70. The Morgan fingerprint density at radius 3 is 2.52 bits per heavy atom. The first kappa shape index (κ1) is 31.7. The van der Waals surface area contributed by atoms with Crippen LogP contribution in [-0.2, 0) is 12.5 Å². The lowest BCUT2D eigenvalue weighted by Gasteiger charge is -2.18. The number of amides is 2. The van der Waals surface area contributed by atoms with Crippen molar-refractivity contribution in [1.82, 2.24) is 35.1 Å². The van der Waals surface area contributed by atoms with Crippen LogP contribution < -0.4 is 10.6 Å². The lowest BCUT2D eigenvalue weighted by molar-refractivity contribution is -0.291. The van der Waals surface area contributed by atoms with Crippen LogP contribution in [-0.4, -0.2) is 53.8 Å². The van der Waals surface area contributed by atoms with Gasteiger partial charge in [0, 0.05) is 15.8 Å². The average Bonchev–Trinajstić information content (AvgIpc) is 3.55. The number of carbonyl (C=O) groups is 2. The molecule has 3 aromatic heterocycles. The Balaban J connectivity index is 1.49. The van der Waals surface area contributed by atoms with Gasteiger partial charge >= 0.3 is 12.1 Å². The predicted molar refractivity (Wildman–Crippen MR) is 157 cm³/mol. The summed E-state index contributed by atoms with van der Waals surface area (Å²) in [6.45, 7) is 3.18. The van der Waals surface area contributed by atoms with Gasteiger partial charge in [-0.15, -0.1) is 0 Å². The molecule has 0 spiro atoms. The molecule has 5 rings (SSSR count). The number of anilines is 1. The fourth-order valence-electron chi connectivity index (χ4n) is 4.44. The molecule has 1 unspecified atom stereocenters. The molecular formula is C27H23ClF5IN8O2. The summed E-state index contributed by atoms with van der Waals surface area (Å²) in [5.41, 5.74) is -0.586. The molecule has 0 radical (unpaired) electrons. The minimum absolute atomic E-state index is 0.0184. The SMILES string of the molecule is Cc1cc(I)cc(C(=O)NC(C)C2CC2)c1NC(=O)c1cc(Cn2ncc(C(F)(F)C(F)(F)F)n2)nn1-c1ncccc1Cl. The molecule has 2 N–H and O–H groups in total. The van der Waals surface area contributed by atoms with E-state index >= 15 is 0 Å². The Kier molecular flexibility index (Phi) is 8.67. The molecule has 1 aliphatic rings. The van der Waals surface area contributed by atoms with Gasteiger partial charge in [-0.25, -0.2) is 9.67 Å². The van der Waals surface area contributed by atoms with E-state index in [4.69, 9.17) is 11.6 Å². The van der Waals surface area contributed by atoms with Gasteiger partial charge in [-0.2, -0.15) is 42.0 Å². The second-order valence-electron chi connectivity index (χ2n) is 10.3. The monoisotopic (exact) mass is 748 g/mol. The Morgan fingerprint density at radius 1 is 1.14 bits per heavy atom. The van der Waals surface area contributed by atoms with Crippen molar-refractivity contribution in [3.8, 4) is 5.82 Å². The first-order valence-corrected chi connectivity index (χ1v) is 14.6. The van der Waals surface area contributed by atoms with Crippen LogP contribution in [0.4, 0.5) is 27.6 Å². The fourth-order valence-corrected chi connectivity index (χ4v) is 5.42. The molecule has 1 atom stereocenters. The van der Waals surface area contributed by atoms with Crippen LogP contribution in [0, 0.1) is 16.4 Å². The lowest BCUT2D eigenvalue weighted by Crippen LogP contribution is -2.35. The maximum absolute atomic E-state index is 13.8. The van der Waals surface area contributed by atoms with E-state index in [-0.39, 0.29) is 45.4 Å². The maximum Gasteiger partial charge on any atom is 0.459 e. The number of pyridine rings is 1. The quantitative estimate of drug-likeness (QED) is 0.162. The Hall–Kier alpha value is -3.67. The summed E-state index contributed by atoms with van der Waals surface area (Å²) in [6.07, 6.45) is -2.10. The molecule has 1 fully saturated rings. The molecule has 0 saturated heterocycles. The van der Waals surface area contributed by atoms with E-state index in [9.17, 15) is 31.5 Å². The zero-order chi connectivity index (χ0) is 32.0. The number of halogens is 7. The summed E-state index contributed by atoms with van der Waals surface area (Å²) in [5.74, 6) is -5.87. The van der Waals surface area contributed by atoms with Crippen LogP contribution in [0.1, 0.15) is 57.6 Å². The number of aromatic nitrogens is 6. The van der Waals surface area contributed by atoms with E-state index in [1.54, 1.807) is 25.1 Å². The highest BCUT2D eigenvalue weighted by Crippen LogP contribution is 2.42. The third-order valence-corrected chi connectivity index (χ3v) is 7.84. The van der Waals surface area contributed by atoms with Gasteiger partial charge in [0.1, 0.15) is 12.2 Å². The third-order valence-electron chi connectivity index (χ3n) is 6.92. The van der Waals surface area contributed by atoms with E-state index in [2.05, 4.69) is 53.5 Å². The highest BCUT2D eigenvalue weighted by molar-refractivity contribution is 14.1. The summed E-state index contributed by atoms with van der Waals surface area (Å²) < 4.78 is 67.8. The summed E-state index contributed by atoms with van der Waals surface area (Å²) in [4.78, 5) is 31.8. The van der Waals surface area contributed by atoms with E-state index in [1.807, 2.05) is 6.92 Å². The van der Waals surface area contributed by atoms with Gasteiger partial charge < -0.3 is 10.6 Å². The van der Waals surface area contributed by atoms with Crippen molar-refractivity contribution in [2.24, 2.45) is 5.92 Å². The second-order valence-corrected chi connectivity index (χ2v) is 11.9. The van der Waals surface area contributed by atoms with Gasteiger partial charge in [-0.1, -0.05) is 11.6 Å². The lowest BCUT2D eigenvalue weighted by atomic mass is 10.1. The second kappa shape index (κ2) is 12.0. The van der Waals surface area contributed by atoms with E-state index in [0.717, 1.165) is 21.1 Å². The summed E-state index contributed by atoms with van der Waals surface area (Å²) in [5, 5.41) is 17.0. The first-order valence-electron chi connectivity index (χ1n) is 13.1. The number of rotatable bonds is 9. The number of carbonyl (C=O) groups excluding carboxylic acids is 2. The molecule has 0 aliphatic heterocycles. The molecule has 4 aromatic rings. The van der Waals surface area contributed by atoms with Crippen LogP contribution in [0.15, 0.2) is 42.7 Å². The number of nitrogens with zero attached hydrogens (tertiary/aromatic N) is 6. The standard InChI is InChI=1S/C27H23ClF5IN8O2/c1-13-8-16(34)9-18(24(43)37-14(2)15-5-6-15)22(13)38-25(44)20-10-17(39-42(20)23-19(28)4-3-7-35-23)12-41-36-11-21(40-41)26(29,30)27(31,32)33/h3-4,7-11,14-15H,5-6,12H2,1-2H3,(H,37,43)(H,38,44). The van der Waals surface area contributed by atoms with Crippen molar-refractivity contribution in [3.63, 3.8) is 0 Å².